The van der Waals surface area contributed by atoms with Crippen molar-refractivity contribution in [3.05, 3.63) is 81.7 Å². The molecule has 4 atom stereocenters. The predicted molar refractivity (Wildman–Crippen MR) is 184 cm³/mol. The van der Waals surface area contributed by atoms with Crippen molar-refractivity contribution in [2.75, 3.05) is 6.54 Å². The Morgan fingerprint density at radius 3 is 2.29 bits per heavy atom. The lowest BCUT2D eigenvalue weighted by atomic mass is 9.87. The molecule has 0 spiro atoms. The Bertz CT molecular complexity index is 1170. The van der Waals surface area contributed by atoms with E-state index in [1.165, 1.54) is 12.1 Å². The summed E-state index contributed by atoms with van der Waals surface area (Å²) in [5.74, 6) is 3.21. The fourth-order valence-electron chi connectivity index (χ4n) is 6.80. The van der Waals surface area contributed by atoms with Crippen molar-refractivity contribution in [2.45, 2.75) is 111 Å². The van der Waals surface area contributed by atoms with Crippen molar-refractivity contribution in [1.29, 1.82) is 0 Å². The summed E-state index contributed by atoms with van der Waals surface area (Å²) in [6.45, 7) is 25.2. The molecule has 226 valence electrons. The molecule has 0 fully saturated rings. The molecule has 4 aliphatic rings. The quantitative estimate of drug-likeness (QED) is 0.197. The van der Waals surface area contributed by atoms with Crippen molar-refractivity contribution in [3.8, 4) is 0 Å². The van der Waals surface area contributed by atoms with Crippen molar-refractivity contribution in [1.82, 2.24) is 10.6 Å². The molecule has 3 nitrogen and oxygen atoms in total. The van der Waals surface area contributed by atoms with Crippen LogP contribution < -0.4 is 10.6 Å². The van der Waals surface area contributed by atoms with E-state index in [0.717, 1.165) is 38.0 Å². The molecule has 5 heteroatoms. The zero-order chi connectivity index (χ0) is 29.9. The van der Waals surface area contributed by atoms with E-state index in [4.69, 9.17) is 4.74 Å². The first kappa shape index (κ1) is 31.9. The SMILES string of the molecule is CC(C)CC1=CC(C2C=C(OC3CC=CC(C4=CC(CC(C)C)=C([Si](C)(C)C)CN4)C3)C=CC2)NC=C1[Si](C)(C)C. The average molecular weight is 591 g/mol. The summed E-state index contributed by atoms with van der Waals surface area (Å²) in [4.78, 5) is 0. The summed E-state index contributed by atoms with van der Waals surface area (Å²) in [6, 6.07) is 0.328. The third kappa shape index (κ3) is 8.53. The Kier molecular flexibility index (Phi) is 10.2. The van der Waals surface area contributed by atoms with E-state index in [-0.39, 0.29) is 6.10 Å². The van der Waals surface area contributed by atoms with Gasteiger partial charge in [-0.1, -0.05) is 96.5 Å². The van der Waals surface area contributed by atoms with Gasteiger partial charge in [0.1, 0.15) is 11.9 Å². The van der Waals surface area contributed by atoms with Crippen LogP contribution in [-0.4, -0.2) is 34.8 Å². The molecule has 4 unspecified atom stereocenters. The summed E-state index contributed by atoms with van der Waals surface area (Å²) >= 11 is 0. The zero-order valence-electron chi connectivity index (χ0n) is 27.7. The molecule has 0 saturated heterocycles. The van der Waals surface area contributed by atoms with Gasteiger partial charge in [-0.15, -0.1) is 0 Å². The summed E-state index contributed by atoms with van der Waals surface area (Å²) in [5.41, 5.74) is 4.56. The summed E-state index contributed by atoms with van der Waals surface area (Å²) in [6.07, 6.45) is 24.7. The fraction of sp³-hybridized carbons (Fsp3) is 0.611. The van der Waals surface area contributed by atoms with Crippen LogP contribution in [0.1, 0.15) is 59.8 Å². The van der Waals surface area contributed by atoms with Gasteiger partial charge in [-0.05, 0) is 78.3 Å². The number of hydrogen-bond donors (Lipinski definition) is 2. The Hall–Kier alpha value is -1.99. The number of nitrogens with one attached hydrogen (secondary N) is 2. The van der Waals surface area contributed by atoms with Crippen molar-refractivity contribution in [2.24, 2.45) is 23.7 Å². The predicted octanol–water partition coefficient (Wildman–Crippen LogP) is 9.21. The van der Waals surface area contributed by atoms with Crippen LogP contribution in [0.25, 0.3) is 0 Å². The smallest absolute Gasteiger partial charge is 0.115 e. The number of hydrogen-bond acceptors (Lipinski definition) is 3. The molecular formula is C36H58N2OSi2. The lowest BCUT2D eigenvalue weighted by molar-refractivity contribution is 0.104. The molecule has 0 aromatic carbocycles. The van der Waals surface area contributed by atoms with E-state index in [1.54, 1.807) is 21.5 Å². The first-order valence-corrected chi connectivity index (χ1v) is 23.3. The summed E-state index contributed by atoms with van der Waals surface area (Å²) in [5, 5.41) is 10.9. The second kappa shape index (κ2) is 13.1. The number of rotatable bonds is 10. The van der Waals surface area contributed by atoms with E-state index >= 15 is 0 Å². The molecule has 0 aromatic rings. The minimum Gasteiger partial charge on any atom is -0.490 e. The molecule has 4 rings (SSSR count). The van der Waals surface area contributed by atoms with Crippen LogP contribution in [0.15, 0.2) is 81.7 Å². The number of ether oxygens (including phenoxy) is 1. The molecule has 0 bridgehead atoms. The second-order valence-corrected chi connectivity index (χ2v) is 25.9. The van der Waals surface area contributed by atoms with E-state index in [0.29, 0.717) is 29.7 Å². The van der Waals surface area contributed by atoms with E-state index < -0.39 is 16.1 Å². The third-order valence-corrected chi connectivity index (χ3v) is 13.2. The van der Waals surface area contributed by atoms with Crippen molar-refractivity contribution >= 4 is 16.1 Å². The van der Waals surface area contributed by atoms with E-state index in [2.05, 4.69) is 126 Å². The van der Waals surface area contributed by atoms with Gasteiger partial charge in [0.2, 0.25) is 0 Å². The minimum absolute atomic E-state index is 0.211. The minimum atomic E-state index is -1.40. The van der Waals surface area contributed by atoms with Gasteiger partial charge in [-0.2, -0.15) is 0 Å². The van der Waals surface area contributed by atoms with Gasteiger partial charge in [0.25, 0.3) is 0 Å². The molecule has 0 saturated carbocycles. The van der Waals surface area contributed by atoms with Gasteiger partial charge < -0.3 is 15.4 Å². The average Bonchev–Trinajstić information content (AvgIpc) is 2.87. The number of allylic oxidation sites excluding steroid dienone is 7. The largest absolute Gasteiger partial charge is 0.490 e. The lowest BCUT2D eigenvalue weighted by Gasteiger charge is -2.35. The van der Waals surface area contributed by atoms with Gasteiger partial charge in [0, 0.05) is 30.5 Å². The molecule has 0 amide bonds. The van der Waals surface area contributed by atoms with Crippen LogP contribution in [0.4, 0.5) is 0 Å². The van der Waals surface area contributed by atoms with Crippen LogP contribution in [-0.2, 0) is 4.74 Å². The van der Waals surface area contributed by atoms with Gasteiger partial charge in [0.05, 0.1) is 22.2 Å². The van der Waals surface area contributed by atoms with Crippen LogP contribution >= 0.6 is 0 Å². The first-order valence-electron chi connectivity index (χ1n) is 16.3. The van der Waals surface area contributed by atoms with Gasteiger partial charge in [0.15, 0.2) is 0 Å². The lowest BCUT2D eigenvalue weighted by Crippen LogP contribution is -2.38. The Balaban J connectivity index is 1.45. The molecule has 2 N–H and O–H groups in total. The zero-order valence-corrected chi connectivity index (χ0v) is 29.7. The van der Waals surface area contributed by atoms with Crippen molar-refractivity contribution in [3.63, 3.8) is 0 Å². The highest BCUT2D eigenvalue weighted by molar-refractivity contribution is 6.84. The second-order valence-electron chi connectivity index (χ2n) is 15.7. The number of dihydropyridines is 2. The highest BCUT2D eigenvalue weighted by Crippen LogP contribution is 2.36. The Morgan fingerprint density at radius 2 is 1.63 bits per heavy atom. The molecule has 2 aliphatic carbocycles. The molecule has 41 heavy (non-hydrogen) atoms. The van der Waals surface area contributed by atoms with Crippen LogP contribution in [0.2, 0.25) is 39.3 Å². The molecular weight excluding hydrogens is 533 g/mol. The summed E-state index contributed by atoms with van der Waals surface area (Å²) in [7, 11) is -2.75. The maximum absolute atomic E-state index is 6.71. The highest BCUT2D eigenvalue weighted by atomic mass is 28.3. The van der Waals surface area contributed by atoms with E-state index in [1.807, 2.05) is 0 Å². The van der Waals surface area contributed by atoms with Crippen LogP contribution in [0, 0.1) is 23.7 Å². The van der Waals surface area contributed by atoms with E-state index in [9.17, 15) is 0 Å². The van der Waals surface area contributed by atoms with Crippen LogP contribution in [0.3, 0.4) is 0 Å². The first-order chi connectivity index (χ1) is 19.2. The van der Waals surface area contributed by atoms with Crippen LogP contribution in [0.5, 0.6) is 0 Å². The normalized spacial score (nSPS) is 27.2. The molecule has 0 aromatic heterocycles. The Morgan fingerprint density at radius 1 is 0.902 bits per heavy atom. The Labute approximate surface area is 254 Å². The molecule has 0 radical (unpaired) electrons. The van der Waals surface area contributed by atoms with Gasteiger partial charge in [-0.25, -0.2) is 0 Å². The van der Waals surface area contributed by atoms with Gasteiger partial charge >= 0.3 is 0 Å². The monoisotopic (exact) mass is 590 g/mol. The topological polar surface area (TPSA) is 33.3 Å². The van der Waals surface area contributed by atoms with Crippen molar-refractivity contribution < 1.29 is 4.74 Å². The maximum atomic E-state index is 6.71. The fourth-order valence-corrected chi connectivity index (χ4v) is 10.2. The molecule has 2 heterocycles. The molecule has 2 aliphatic heterocycles. The summed E-state index contributed by atoms with van der Waals surface area (Å²) < 4.78 is 6.71. The third-order valence-electron chi connectivity index (χ3n) is 8.82. The highest BCUT2D eigenvalue weighted by Gasteiger charge is 2.31. The van der Waals surface area contributed by atoms with Gasteiger partial charge in [-0.3, -0.25) is 0 Å². The maximum Gasteiger partial charge on any atom is 0.115 e. The standard InChI is InChI=1S/C36H58N2OSi2/c1-25(2)17-29-21-33(37-23-35(29)40(5,6)7)27-13-11-15-31(19-27)39-32-16-12-14-28(20-32)34-22-30(18-26(3)4)36(24-38-34)41(8,9)10/h11-13,16,20-22,24-28,31,34,37-38H,14-15,17-19,23H2,1-10H3.